The third-order valence-electron chi connectivity index (χ3n) is 21.4. The lowest BCUT2D eigenvalue weighted by molar-refractivity contribution is -0.161. The average Bonchev–Trinajstić information content (AvgIpc) is 0.901. The lowest BCUT2D eigenvalue weighted by atomic mass is 9.99. The number of esters is 4. The molecule has 0 aromatic carbocycles. The van der Waals surface area contributed by atoms with E-state index in [1.54, 1.807) is 0 Å². The minimum absolute atomic E-state index is 0.109. The topological polar surface area (TPSA) is 237 Å². The molecule has 0 radical (unpaired) electrons. The molecule has 0 aromatic rings. The van der Waals surface area contributed by atoms with Gasteiger partial charge >= 0.3 is 39.5 Å². The molecule has 0 saturated heterocycles. The number of hydrogen-bond acceptors (Lipinski definition) is 15. The molecule has 0 rings (SSSR count). The SMILES string of the molecule is CCCCCCCCCCCCCCCCCCCC(=O)OC[C@H](COP(=O)(O)OC[C@@H](O)COP(=O)(O)OC[C@@H](COC(=O)CCCCCCCCCCCCCCC)OC(=O)CCCCCCCCCCCCCCCCCC)OC(=O)CCCCCCCCCCCCCCCCCCCCC(C)CC. The van der Waals surface area contributed by atoms with Crippen LogP contribution in [0.4, 0.5) is 0 Å². The normalized spacial score (nSPS) is 14.0. The minimum atomic E-state index is -4.97. The van der Waals surface area contributed by atoms with Crippen molar-refractivity contribution in [2.45, 2.75) is 502 Å². The van der Waals surface area contributed by atoms with Gasteiger partial charge in [0, 0.05) is 25.7 Å². The summed E-state index contributed by atoms with van der Waals surface area (Å²) in [7, 11) is -9.93. The fraction of sp³-hybridized carbons (Fsp3) is 0.955. The fourth-order valence-electron chi connectivity index (χ4n) is 14.0. The Morgan fingerprint density at radius 1 is 0.259 bits per heavy atom. The van der Waals surface area contributed by atoms with Gasteiger partial charge in [0.2, 0.25) is 0 Å². The first-order chi connectivity index (χ1) is 52.6. The van der Waals surface area contributed by atoms with Crippen LogP contribution in [0, 0.1) is 5.92 Å². The zero-order chi connectivity index (χ0) is 79.0. The predicted octanol–water partition coefficient (Wildman–Crippen LogP) is 27.5. The van der Waals surface area contributed by atoms with Crippen LogP contribution >= 0.6 is 15.6 Å². The van der Waals surface area contributed by atoms with Crippen molar-refractivity contribution < 1.29 is 80.2 Å². The molecule has 6 atom stereocenters. The van der Waals surface area contributed by atoms with Crippen molar-refractivity contribution in [1.29, 1.82) is 0 Å². The minimum Gasteiger partial charge on any atom is -0.462 e. The molecule has 0 bridgehead atoms. The Morgan fingerprint density at radius 3 is 0.657 bits per heavy atom. The second-order valence-corrected chi connectivity index (χ2v) is 35.1. The van der Waals surface area contributed by atoms with Crippen molar-refractivity contribution >= 4 is 39.5 Å². The summed E-state index contributed by atoms with van der Waals surface area (Å²) in [6.45, 7) is 7.46. The van der Waals surface area contributed by atoms with Gasteiger partial charge in [0.05, 0.1) is 26.4 Å². The van der Waals surface area contributed by atoms with Gasteiger partial charge in [-0.05, 0) is 31.6 Å². The van der Waals surface area contributed by atoms with Crippen LogP contribution in [0.1, 0.15) is 484 Å². The fourth-order valence-corrected chi connectivity index (χ4v) is 15.5. The second-order valence-electron chi connectivity index (χ2n) is 32.2. The molecule has 0 spiro atoms. The van der Waals surface area contributed by atoms with Crippen molar-refractivity contribution in [2.24, 2.45) is 5.92 Å². The average molecular weight is 1580 g/mol. The Labute approximate surface area is 664 Å². The summed E-state index contributed by atoms with van der Waals surface area (Å²) in [6.07, 6.45) is 76.2. The van der Waals surface area contributed by atoms with Crippen LogP contribution in [0.15, 0.2) is 0 Å². The summed E-state index contributed by atoms with van der Waals surface area (Å²) in [6, 6.07) is 0. The Kier molecular flexibility index (Phi) is 80.2. The van der Waals surface area contributed by atoms with Gasteiger partial charge in [-0.2, -0.15) is 0 Å². The van der Waals surface area contributed by atoms with Crippen LogP contribution < -0.4 is 0 Å². The van der Waals surface area contributed by atoms with Crippen LogP contribution in [0.2, 0.25) is 0 Å². The van der Waals surface area contributed by atoms with E-state index in [1.807, 2.05) is 0 Å². The lowest BCUT2D eigenvalue weighted by Gasteiger charge is -2.21. The van der Waals surface area contributed by atoms with E-state index in [-0.39, 0.29) is 25.7 Å². The number of carbonyl (C=O) groups excluding carboxylic acids is 4. The van der Waals surface area contributed by atoms with Crippen molar-refractivity contribution in [3.63, 3.8) is 0 Å². The predicted molar refractivity (Wildman–Crippen MR) is 446 cm³/mol. The summed E-state index contributed by atoms with van der Waals surface area (Å²) in [5.41, 5.74) is 0. The summed E-state index contributed by atoms with van der Waals surface area (Å²) in [5.74, 6) is -1.22. The highest BCUT2D eigenvalue weighted by Gasteiger charge is 2.31. The zero-order valence-corrected chi connectivity index (χ0v) is 72.8. The Hall–Kier alpha value is -1.94. The maximum Gasteiger partial charge on any atom is 0.472 e. The molecular formula is C89H174O17P2. The first kappa shape index (κ1) is 106. The molecule has 0 aliphatic heterocycles. The van der Waals surface area contributed by atoms with E-state index in [4.69, 9.17) is 37.0 Å². The van der Waals surface area contributed by atoms with Crippen molar-refractivity contribution in [2.75, 3.05) is 39.6 Å². The molecule has 0 aliphatic carbocycles. The van der Waals surface area contributed by atoms with E-state index in [9.17, 15) is 43.2 Å². The Balaban J connectivity index is 5.25. The smallest absolute Gasteiger partial charge is 0.462 e. The molecule has 19 heteroatoms. The highest BCUT2D eigenvalue weighted by Crippen LogP contribution is 2.45. The summed E-state index contributed by atoms with van der Waals surface area (Å²) < 4.78 is 69.0. The zero-order valence-electron chi connectivity index (χ0n) is 71.0. The van der Waals surface area contributed by atoms with E-state index in [2.05, 4.69) is 34.6 Å². The highest BCUT2D eigenvalue weighted by molar-refractivity contribution is 7.47. The van der Waals surface area contributed by atoms with Crippen LogP contribution in [0.5, 0.6) is 0 Å². The molecule has 108 heavy (non-hydrogen) atoms. The van der Waals surface area contributed by atoms with E-state index in [0.717, 1.165) is 95.8 Å². The molecule has 642 valence electrons. The molecule has 0 aromatic heterocycles. The van der Waals surface area contributed by atoms with E-state index >= 15 is 0 Å². The maximum atomic E-state index is 13.2. The lowest BCUT2D eigenvalue weighted by Crippen LogP contribution is -2.30. The number of phosphoric ester groups is 2. The maximum absolute atomic E-state index is 13.2. The van der Waals surface area contributed by atoms with Crippen LogP contribution in [-0.2, 0) is 65.4 Å². The van der Waals surface area contributed by atoms with Gasteiger partial charge in [-0.3, -0.25) is 37.3 Å². The van der Waals surface area contributed by atoms with Gasteiger partial charge < -0.3 is 33.8 Å². The standard InChI is InChI=1S/C89H174O17P2/c1-6-10-13-16-19-22-25-28-30-34-39-43-48-53-58-63-68-73-87(92)100-79-85(106-89(94)75-70-65-60-55-50-45-40-36-33-32-35-37-42-46-51-56-61-66-71-82(5)9-4)81-104-108(97,98)102-77-83(90)76-101-107(95,96)103-80-84(78-99-86(91)72-67-62-57-52-47-41-27-24-21-18-15-12-8-3)105-88(93)74-69-64-59-54-49-44-38-31-29-26-23-20-17-14-11-7-2/h82-85,90H,6-81H2,1-5H3,(H,95,96)(H,97,98)/t82?,83-,84+,85+/m0/s1. The second kappa shape index (κ2) is 81.6. The number of aliphatic hydroxyl groups is 1. The summed E-state index contributed by atoms with van der Waals surface area (Å²) in [4.78, 5) is 73.4. The summed E-state index contributed by atoms with van der Waals surface area (Å²) in [5, 5.41) is 10.7. The number of ether oxygens (including phenoxy) is 4. The van der Waals surface area contributed by atoms with Crippen LogP contribution in [0.3, 0.4) is 0 Å². The number of phosphoric acid groups is 2. The molecule has 0 saturated carbocycles. The van der Waals surface area contributed by atoms with E-state index < -0.39 is 97.5 Å². The first-order valence-corrected chi connectivity index (χ1v) is 49.2. The van der Waals surface area contributed by atoms with Crippen molar-refractivity contribution in [3.8, 4) is 0 Å². The highest BCUT2D eigenvalue weighted by atomic mass is 31.2. The van der Waals surface area contributed by atoms with E-state index in [1.165, 1.54) is 308 Å². The van der Waals surface area contributed by atoms with Gasteiger partial charge in [-0.1, -0.05) is 433 Å². The first-order valence-electron chi connectivity index (χ1n) is 46.2. The number of carbonyl (C=O) groups is 4. The van der Waals surface area contributed by atoms with Gasteiger partial charge in [0.15, 0.2) is 12.2 Å². The van der Waals surface area contributed by atoms with E-state index in [0.29, 0.717) is 25.7 Å². The third kappa shape index (κ3) is 80.7. The van der Waals surface area contributed by atoms with Crippen LogP contribution in [0.25, 0.3) is 0 Å². The quantitative estimate of drug-likeness (QED) is 0.0222. The molecule has 0 heterocycles. The molecule has 3 unspecified atom stereocenters. The largest absolute Gasteiger partial charge is 0.472 e. The molecule has 0 amide bonds. The van der Waals surface area contributed by atoms with Crippen molar-refractivity contribution in [1.82, 2.24) is 0 Å². The Morgan fingerprint density at radius 2 is 0.444 bits per heavy atom. The number of rotatable bonds is 89. The van der Waals surface area contributed by atoms with Gasteiger partial charge in [0.1, 0.15) is 19.3 Å². The van der Waals surface area contributed by atoms with Gasteiger partial charge in [-0.15, -0.1) is 0 Å². The number of aliphatic hydroxyl groups excluding tert-OH is 1. The third-order valence-corrected chi connectivity index (χ3v) is 23.3. The molecule has 0 aliphatic rings. The molecule has 17 nitrogen and oxygen atoms in total. The molecule has 0 fully saturated rings. The Bertz CT molecular complexity index is 2050. The monoisotopic (exact) mass is 1580 g/mol. The van der Waals surface area contributed by atoms with Crippen LogP contribution in [-0.4, -0.2) is 96.7 Å². The summed E-state index contributed by atoms with van der Waals surface area (Å²) >= 11 is 0. The van der Waals surface area contributed by atoms with Gasteiger partial charge in [0.25, 0.3) is 0 Å². The number of unbranched alkanes of at least 4 members (excludes halogenated alkanes) is 60. The number of hydrogen-bond donors (Lipinski definition) is 3. The van der Waals surface area contributed by atoms with Gasteiger partial charge in [-0.25, -0.2) is 9.13 Å². The van der Waals surface area contributed by atoms with Crippen molar-refractivity contribution in [3.05, 3.63) is 0 Å². The molecular weight excluding hydrogens is 1400 g/mol. The molecule has 3 N–H and O–H groups in total.